The number of aliphatic hydroxyl groups excluding tert-OH is 1. The lowest BCUT2D eigenvalue weighted by molar-refractivity contribution is -0.144. The number of primary amides is 3. The number of carboxylic acids is 3. The van der Waals surface area contributed by atoms with E-state index in [2.05, 4.69) is 42.2 Å². The fraction of sp³-hybridized carbons (Fsp3) is 0.491. The lowest BCUT2D eigenvalue weighted by Crippen LogP contribution is -2.61. The zero-order valence-electron chi connectivity index (χ0n) is 49.7. The molecule has 2 rings (SSSR count). The number of rotatable bonds is 42. The first-order chi connectivity index (χ1) is 42.7. The van der Waals surface area contributed by atoms with Crippen LogP contribution in [0.4, 0.5) is 0 Å². The SMILES string of the molecule is CC(C)C[C@H](NC(=O)[C@H](CCCN=C(N)N)NC(=O)[C@H](CCC(=O)O)NC(=O)[C@@H](N)Cc1ccccc1)C(=O)N[C@@H](CCC(=O)O)C(=O)N[C@@H](CO)C(=O)N[C@@H](CC(N)=O)C(=O)N[C@@H](CC(N)=O)C(=O)N[C@@H](Cc1ccc(O)cc1)C(=O)N[C@@H](CC(N)=O)C(=O)O. The van der Waals surface area contributed by atoms with E-state index in [-0.39, 0.29) is 49.5 Å². The standard InChI is InChI=1S/C55H80N16O20/c1-26(2)19-34(66-46(82)31(9-6-18-62-55(60)61)64-47(83)32(14-16-43(77)78)63-45(81)30(56)20-27-7-4-3-5-8-27)49(85)65-33(15-17-44(79)80)48(84)71-39(25-72)53(89)69-37(23-41(58)75)52(88)68-36(22-40(57)74)51(87)67-35(21-28-10-12-29(73)13-11-28)50(86)70-38(54(90)91)24-42(59)76/h3-5,7-8,10-13,26,30-39,72-73H,6,9,14-25,56H2,1-2H3,(H2,57,74)(H2,58,75)(H2,59,76)(H,63,81)(H,64,83)(H,65,85)(H,66,82)(H,67,87)(H,68,88)(H,69,89)(H,70,86)(H,71,84)(H,77,78)(H,79,80)(H,90,91)(H4,60,61,62)/t30-,31-,32-,33-,34-,35-,36-,37-,38-,39-/m0/s1. The zero-order chi connectivity index (χ0) is 68.7. The first-order valence-corrected chi connectivity index (χ1v) is 28.2. The number of aliphatic imine (C=N–C) groups is 1. The number of amides is 12. The number of benzene rings is 2. The number of aliphatic hydroxyl groups is 1. The number of aromatic hydroxyl groups is 1. The Hall–Kier alpha value is -10.5. The maximum absolute atomic E-state index is 14.2. The Balaban J connectivity index is 2.45. The van der Waals surface area contributed by atoms with Gasteiger partial charge < -0.3 is 108 Å². The predicted octanol–water partition coefficient (Wildman–Crippen LogP) is -7.60. The van der Waals surface area contributed by atoms with E-state index >= 15 is 0 Å². The van der Waals surface area contributed by atoms with Gasteiger partial charge in [0.25, 0.3) is 0 Å². The van der Waals surface area contributed by atoms with Crippen molar-refractivity contribution in [3.05, 3.63) is 65.7 Å². The minimum Gasteiger partial charge on any atom is -0.508 e. The molecule has 0 aliphatic rings. The Labute approximate surface area is 519 Å². The van der Waals surface area contributed by atoms with Gasteiger partial charge in [-0.05, 0) is 67.7 Å². The van der Waals surface area contributed by atoms with E-state index in [1.165, 1.54) is 24.3 Å². The fourth-order valence-electron chi connectivity index (χ4n) is 8.46. The van der Waals surface area contributed by atoms with Crippen LogP contribution in [-0.4, -0.2) is 194 Å². The third-order valence-corrected chi connectivity index (χ3v) is 13.0. The second kappa shape index (κ2) is 38.7. The minimum absolute atomic E-state index is 0.0106. The average Bonchev–Trinajstić information content (AvgIpc) is 1.36. The van der Waals surface area contributed by atoms with Crippen molar-refractivity contribution in [3.63, 3.8) is 0 Å². The van der Waals surface area contributed by atoms with Crippen LogP contribution in [0.3, 0.4) is 0 Å². The minimum atomic E-state index is -2.11. The number of carbonyl (C=O) groups excluding carboxylic acids is 12. The molecule has 0 radical (unpaired) electrons. The van der Waals surface area contributed by atoms with Crippen molar-refractivity contribution >= 4 is 94.8 Å². The third kappa shape index (κ3) is 29.8. The average molecular weight is 1290 g/mol. The van der Waals surface area contributed by atoms with E-state index in [0.29, 0.717) is 5.56 Å². The summed E-state index contributed by atoms with van der Waals surface area (Å²) in [6.07, 6.45) is -6.47. The van der Waals surface area contributed by atoms with Gasteiger partial charge in [0.1, 0.15) is 60.1 Å². The van der Waals surface area contributed by atoms with Gasteiger partial charge >= 0.3 is 17.9 Å². The Morgan fingerprint density at radius 2 is 0.802 bits per heavy atom. The van der Waals surface area contributed by atoms with Crippen LogP contribution in [0.2, 0.25) is 0 Å². The quantitative estimate of drug-likeness (QED) is 0.0167. The van der Waals surface area contributed by atoms with Crippen molar-refractivity contribution in [3.8, 4) is 5.75 Å². The number of hydrogen-bond donors (Lipinski definition) is 20. The third-order valence-electron chi connectivity index (χ3n) is 13.0. The number of nitrogens with two attached hydrogens (primary N) is 6. The summed E-state index contributed by atoms with van der Waals surface area (Å²) < 4.78 is 0. The molecule has 36 heteroatoms. The Bertz CT molecular complexity index is 2950. The Morgan fingerprint density at radius 3 is 1.24 bits per heavy atom. The number of phenolic OH excluding ortho intramolecular Hbond substituents is 1. The van der Waals surface area contributed by atoms with Crippen LogP contribution in [0.5, 0.6) is 5.75 Å². The second-order valence-corrected chi connectivity index (χ2v) is 21.2. The van der Waals surface area contributed by atoms with E-state index in [0.717, 1.165) is 0 Å². The summed E-state index contributed by atoms with van der Waals surface area (Å²) in [6.45, 7) is 1.88. The van der Waals surface area contributed by atoms with Gasteiger partial charge in [-0.3, -0.25) is 72.1 Å². The number of nitrogens with one attached hydrogen (secondary N) is 9. The molecule has 0 aliphatic carbocycles. The van der Waals surface area contributed by atoms with E-state index < -0.39 is 213 Å². The number of guanidine groups is 1. The van der Waals surface area contributed by atoms with E-state index in [1.807, 2.05) is 10.6 Å². The molecule has 10 atom stereocenters. The first-order valence-electron chi connectivity index (χ1n) is 28.2. The lowest BCUT2D eigenvalue weighted by atomic mass is 10.0. The number of carboxylic acid groups (broad SMARTS) is 3. The summed E-state index contributed by atoms with van der Waals surface area (Å²) in [5, 5.41) is 69.0. The van der Waals surface area contributed by atoms with Gasteiger partial charge in [0.2, 0.25) is 70.9 Å². The Kier molecular flexibility index (Phi) is 32.6. The number of aliphatic carboxylic acids is 3. The molecule has 0 fully saturated rings. The predicted molar refractivity (Wildman–Crippen MR) is 317 cm³/mol. The maximum atomic E-state index is 14.2. The molecule has 0 saturated heterocycles. The molecule has 0 aliphatic heterocycles. The van der Waals surface area contributed by atoms with Crippen LogP contribution in [-0.2, 0) is 84.8 Å². The van der Waals surface area contributed by atoms with Crippen molar-refractivity contribution in [1.29, 1.82) is 0 Å². The summed E-state index contributed by atoms with van der Waals surface area (Å²) in [7, 11) is 0. The molecule has 2 aromatic carbocycles. The van der Waals surface area contributed by atoms with Crippen molar-refractivity contribution in [1.82, 2.24) is 47.9 Å². The molecule has 91 heavy (non-hydrogen) atoms. The van der Waals surface area contributed by atoms with Gasteiger partial charge in [0, 0.05) is 25.8 Å². The lowest BCUT2D eigenvalue weighted by Gasteiger charge is -2.28. The molecular weight excluding hydrogens is 1200 g/mol. The van der Waals surface area contributed by atoms with Gasteiger partial charge in [-0.2, -0.15) is 0 Å². The molecule has 2 aromatic rings. The van der Waals surface area contributed by atoms with Crippen LogP contribution >= 0.6 is 0 Å². The molecule has 0 bridgehead atoms. The number of hydrogen-bond acceptors (Lipinski definition) is 19. The molecular formula is C55H80N16O20. The van der Waals surface area contributed by atoms with E-state index in [9.17, 15) is 97.5 Å². The zero-order valence-corrected chi connectivity index (χ0v) is 49.7. The largest absolute Gasteiger partial charge is 0.508 e. The summed E-state index contributed by atoms with van der Waals surface area (Å²) in [5.74, 6) is -20.0. The highest BCUT2D eigenvalue weighted by Crippen LogP contribution is 2.14. The summed E-state index contributed by atoms with van der Waals surface area (Å²) in [5.41, 5.74) is 33.8. The molecule has 0 heterocycles. The van der Waals surface area contributed by atoms with E-state index in [1.54, 1.807) is 44.2 Å². The van der Waals surface area contributed by atoms with Crippen LogP contribution < -0.4 is 82.3 Å². The molecule has 0 unspecified atom stereocenters. The van der Waals surface area contributed by atoms with E-state index in [4.69, 9.17) is 34.4 Å². The van der Waals surface area contributed by atoms with Gasteiger partial charge in [-0.25, -0.2) is 4.79 Å². The van der Waals surface area contributed by atoms with Gasteiger partial charge in [-0.15, -0.1) is 0 Å². The van der Waals surface area contributed by atoms with Gasteiger partial charge in [-0.1, -0.05) is 56.3 Å². The summed E-state index contributed by atoms with van der Waals surface area (Å²) >= 11 is 0. The van der Waals surface area contributed by atoms with Crippen LogP contribution in [0.15, 0.2) is 59.6 Å². The van der Waals surface area contributed by atoms with Crippen LogP contribution in [0.25, 0.3) is 0 Å². The normalized spacial score (nSPS) is 14.2. The molecule has 12 amide bonds. The highest BCUT2D eigenvalue weighted by atomic mass is 16.4. The highest BCUT2D eigenvalue weighted by molar-refractivity contribution is 6.00. The monoisotopic (exact) mass is 1280 g/mol. The van der Waals surface area contributed by atoms with Crippen LogP contribution in [0, 0.1) is 5.92 Å². The number of nitrogens with zero attached hydrogens (tertiary/aromatic N) is 1. The second-order valence-electron chi connectivity index (χ2n) is 21.2. The summed E-state index contributed by atoms with van der Waals surface area (Å²) in [6, 6.07) is -4.14. The fourth-order valence-corrected chi connectivity index (χ4v) is 8.46. The molecule has 36 nitrogen and oxygen atoms in total. The smallest absolute Gasteiger partial charge is 0.326 e. The number of phenols is 1. The van der Waals surface area contributed by atoms with Gasteiger partial charge in [0.05, 0.1) is 31.9 Å². The molecule has 0 spiro atoms. The van der Waals surface area contributed by atoms with Crippen molar-refractivity contribution in [2.24, 2.45) is 45.3 Å². The van der Waals surface area contributed by atoms with Gasteiger partial charge in [0.15, 0.2) is 5.96 Å². The first kappa shape index (κ1) is 76.6. The highest BCUT2D eigenvalue weighted by Gasteiger charge is 2.37. The number of carbonyl (C=O) groups is 15. The summed E-state index contributed by atoms with van der Waals surface area (Å²) in [4.78, 5) is 200. The molecule has 26 N–H and O–H groups in total. The van der Waals surface area contributed by atoms with Crippen molar-refractivity contribution in [2.45, 2.75) is 151 Å². The molecule has 0 aromatic heterocycles. The van der Waals surface area contributed by atoms with Crippen molar-refractivity contribution < 1.29 is 97.5 Å². The molecule has 0 saturated carbocycles. The topological polar surface area (TPSA) is 634 Å². The molecule has 500 valence electrons. The Morgan fingerprint density at radius 1 is 0.440 bits per heavy atom. The maximum Gasteiger partial charge on any atom is 0.326 e. The van der Waals surface area contributed by atoms with Crippen molar-refractivity contribution in [2.75, 3.05) is 13.2 Å². The van der Waals surface area contributed by atoms with Crippen LogP contribution in [0.1, 0.15) is 89.2 Å².